The number of piperidine rings is 1. The highest BCUT2D eigenvalue weighted by atomic mass is 19.1. The van der Waals surface area contributed by atoms with E-state index in [1.54, 1.807) is 25.1 Å². The van der Waals surface area contributed by atoms with Gasteiger partial charge in [-0.3, -0.25) is 9.69 Å². The van der Waals surface area contributed by atoms with Gasteiger partial charge in [0, 0.05) is 25.1 Å². The average molecular weight is 383 g/mol. The summed E-state index contributed by atoms with van der Waals surface area (Å²) in [6, 6.07) is 9.34. The molecule has 0 saturated carbocycles. The summed E-state index contributed by atoms with van der Waals surface area (Å²) in [5.41, 5.74) is 1.35. The van der Waals surface area contributed by atoms with Crippen LogP contribution in [0.2, 0.25) is 0 Å². The Morgan fingerprint density at radius 3 is 2.54 bits per heavy atom. The molecule has 0 atom stereocenters. The van der Waals surface area contributed by atoms with Crippen LogP contribution in [-0.2, 0) is 13.1 Å². The van der Waals surface area contributed by atoms with E-state index in [2.05, 4.69) is 20.2 Å². The highest BCUT2D eigenvalue weighted by Crippen LogP contribution is 2.21. The number of hydrogen-bond donors (Lipinski definition) is 0. The predicted octanol–water partition coefficient (Wildman–Crippen LogP) is 2.65. The van der Waals surface area contributed by atoms with Gasteiger partial charge in [-0.15, -0.1) is 10.2 Å². The van der Waals surface area contributed by atoms with E-state index in [-0.39, 0.29) is 11.4 Å². The number of likely N-dealkylation sites (tertiary alicyclic amines) is 1. The van der Waals surface area contributed by atoms with Crippen molar-refractivity contribution in [2.24, 2.45) is 5.92 Å². The van der Waals surface area contributed by atoms with E-state index in [0.717, 1.165) is 31.5 Å². The maximum absolute atomic E-state index is 13.1. The number of benzene rings is 1. The molecule has 8 heteroatoms. The van der Waals surface area contributed by atoms with Crippen molar-refractivity contribution in [1.82, 2.24) is 24.9 Å². The number of hydrogen-bond acceptors (Lipinski definition) is 6. The minimum Gasteiger partial charge on any atom is -0.424 e. The first kappa shape index (κ1) is 18.5. The van der Waals surface area contributed by atoms with E-state index < -0.39 is 0 Å². The van der Waals surface area contributed by atoms with Crippen LogP contribution in [0.5, 0.6) is 0 Å². The van der Waals surface area contributed by atoms with Crippen LogP contribution in [-0.4, -0.2) is 38.0 Å². The van der Waals surface area contributed by atoms with E-state index in [9.17, 15) is 9.18 Å². The number of rotatable bonds is 5. The highest BCUT2D eigenvalue weighted by Gasteiger charge is 2.22. The van der Waals surface area contributed by atoms with Gasteiger partial charge >= 0.3 is 0 Å². The molecule has 0 spiro atoms. The van der Waals surface area contributed by atoms with E-state index in [1.807, 2.05) is 0 Å². The Bertz CT molecular complexity index is 990. The molecule has 1 aromatic carbocycles. The summed E-state index contributed by atoms with van der Waals surface area (Å²) >= 11 is 0. The lowest BCUT2D eigenvalue weighted by atomic mass is 9.97. The molecular weight excluding hydrogens is 361 g/mol. The standard InChI is InChI=1S/C20H22FN5O2/c1-14-22-23-19(28-14)13-25-10-8-15(9-11-25)12-26-20(27)7-6-18(24-26)16-2-4-17(21)5-3-16/h2-7,15H,8-13H2,1H3. The summed E-state index contributed by atoms with van der Waals surface area (Å²) in [4.78, 5) is 14.5. The van der Waals surface area contributed by atoms with Crippen molar-refractivity contribution < 1.29 is 8.81 Å². The zero-order chi connectivity index (χ0) is 19.5. The summed E-state index contributed by atoms with van der Waals surface area (Å²) in [5.74, 6) is 1.31. The first-order valence-electron chi connectivity index (χ1n) is 9.42. The largest absolute Gasteiger partial charge is 0.424 e. The van der Waals surface area contributed by atoms with Crippen molar-refractivity contribution in [3.05, 3.63) is 64.4 Å². The van der Waals surface area contributed by atoms with Crippen molar-refractivity contribution >= 4 is 0 Å². The molecule has 0 bridgehead atoms. The van der Waals surface area contributed by atoms with Gasteiger partial charge in [0.25, 0.3) is 5.56 Å². The molecule has 3 heterocycles. The van der Waals surface area contributed by atoms with Gasteiger partial charge in [0.1, 0.15) is 5.82 Å². The second kappa shape index (κ2) is 8.02. The van der Waals surface area contributed by atoms with E-state index in [4.69, 9.17) is 4.42 Å². The maximum Gasteiger partial charge on any atom is 0.266 e. The molecule has 0 amide bonds. The van der Waals surface area contributed by atoms with Gasteiger partial charge in [-0.05, 0) is 62.2 Å². The quantitative estimate of drug-likeness (QED) is 0.674. The minimum atomic E-state index is -0.292. The van der Waals surface area contributed by atoms with Gasteiger partial charge < -0.3 is 4.42 Å². The lowest BCUT2D eigenvalue weighted by Gasteiger charge is -2.30. The summed E-state index contributed by atoms with van der Waals surface area (Å²) in [5, 5.41) is 12.4. The first-order valence-corrected chi connectivity index (χ1v) is 9.42. The van der Waals surface area contributed by atoms with Crippen LogP contribution in [0, 0.1) is 18.7 Å². The molecule has 28 heavy (non-hydrogen) atoms. The topological polar surface area (TPSA) is 77.1 Å². The number of aryl methyl sites for hydroxylation is 1. The Balaban J connectivity index is 1.39. The van der Waals surface area contributed by atoms with Crippen LogP contribution in [0.15, 0.2) is 45.6 Å². The molecule has 7 nitrogen and oxygen atoms in total. The molecule has 0 unspecified atom stereocenters. The Morgan fingerprint density at radius 2 is 1.86 bits per heavy atom. The van der Waals surface area contributed by atoms with Gasteiger partial charge in [-0.1, -0.05) is 0 Å². The monoisotopic (exact) mass is 383 g/mol. The van der Waals surface area contributed by atoms with E-state index >= 15 is 0 Å². The smallest absolute Gasteiger partial charge is 0.266 e. The molecule has 0 N–H and O–H groups in total. The maximum atomic E-state index is 13.1. The zero-order valence-corrected chi connectivity index (χ0v) is 15.7. The second-order valence-electron chi connectivity index (χ2n) is 7.18. The van der Waals surface area contributed by atoms with E-state index in [0.29, 0.717) is 36.5 Å². The van der Waals surface area contributed by atoms with Gasteiger partial charge in [0.05, 0.1) is 12.2 Å². The Kier molecular flexibility index (Phi) is 5.29. The molecule has 1 aliphatic heterocycles. The second-order valence-corrected chi connectivity index (χ2v) is 7.18. The fourth-order valence-electron chi connectivity index (χ4n) is 3.52. The van der Waals surface area contributed by atoms with E-state index in [1.165, 1.54) is 22.9 Å². The predicted molar refractivity (Wildman–Crippen MR) is 101 cm³/mol. The molecular formula is C20H22FN5O2. The molecule has 1 aliphatic rings. The highest BCUT2D eigenvalue weighted by molar-refractivity contribution is 5.57. The van der Waals surface area contributed by atoms with Gasteiger partial charge in [-0.2, -0.15) is 5.10 Å². The third kappa shape index (κ3) is 4.33. The summed E-state index contributed by atoms with van der Waals surface area (Å²) in [6.45, 7) is 4.86. The molecule has 1 fully saturated rings. The zero-order valence-electron chi connectivity index (χ0n) is 15.7. The molecule has 1 saturated heterocycles. The van der Waals surface area contributed by atoms with Gasteiger partial charge in [-0.25, -0.2) is 9.07 Å². The SMILES string of the molecule is Cc1nnc(CN2CCC(Cn3nc(-c4ccc(F)cc4)ccc3=O)CC2)o1. The lowest BCUT2D eigenvalue weighted by Crippen LogP contribution is -2.36. The fraction of sp³-hybridized carbons (Fsp3) is 0.400. The van der Waals surface area contributed by atoms with Crippen LogP contribution < -0.4 is 5.56 Å². The summed E-state index contributed by atoms with van der Waals surface area (Å²) in [6.07, 6.45) is 1.95. The Hall–Kier alpha value is -2.87. The van der Waals surface area contributed by atoms with Crippen molar-refractivity contribution in [3.8, 4) is 11.3 Å². The summed E-state index contributed by atoms with van der Waals surface area (Å²) < 4.78 is 20.1. The van der Waals surface area contributed by atoms with Crippen LogP contribution in [0.1, 0.15) is 24.6 Å². The van der Waals surface area contributed by atoms with Crippen LogP contribution >= 0.6 is 0 Å². The third-order valence-electron chi connectivity index (χ3n) is 5.07. The van der Waals surface area contributed by atoms with Crippen molar-refractivity contribution in [2.45, 2.75) is 32.9 Å². The first-order chi connectivity index (χ1) is 13.6. The normalized spacial score (nSPS) is 15.8. The van der Waals surface area contributed by atoms with Crippen LogP contribution in [0.3, 0.4) is 0 Å². The number of aromatic nitrogens is 4. The van der Waals surface area contributed by atoms with Gasteiger partial charge in [0.2, 0.25) is 11.8 Å². The van der Waals surface area contributed by atoms with Crippen LogP contribution in [0.25, 0.3) is 11.3 Å². The summed E-state index contributed by atoms with van der Waals surface area (Å²) in [7, 11) is 0. The lowest BCUT2D eigenvalue weighted by molar-refractivity contribution is 0.151. The van der Waals surface area contributed by atoms with Crippen molar-refractivity contribution in [3.63, 3.8) is 0 Å². The average Bonchev–Trinajstić information content (AvgIpc) is 3.10. The fourth-order valence-corrected chi connectivity index (χ4v) is 3.52. The molecule has 146 valence electrons. The molecule has 4 rings (SSSR count). The molecule has 3 aromatic rings. The van der Waals surface area contributed by atoms with Crippen molar-refractivity contribution in [1.29, 1.82) is 0 Å². The number of nitrogens with zero attached hydrogens (tertiary/aromatic N) is 5. The van der Waals surface area contributed by atoms with Crippen molar-refractivity contribution in [2.75, 3.05) is 13.1 Å². The third-order valence-corrected chi connectivity index (χ3v) is 5.07. The van der Waals surface area contributed by atoms with Gasteiger partial charge in [0.15, 0.2) is 0 Å². The molecule has 0 aliphatic carbocycles. The molecule has 0 radical (unpaired) electrons. The Morgan fingerprint density at radius 1 is 1.11 bits per heavy atom. The number of halogens is 1. The Labute approximate surface area is 161 Å². The van der Waals surface area contributed by atoms with Crippen LogP contribution in [0.4, 0.5) is 4.39 Å². The minimum absolute atomic E-state index is 0.116. The molecule has 2 aromatic heterocycles.